The molecule has 0 saturated heterocycles. The van der Waals surface area contributed by atoms with Gasteiger partial charge < -0.3 is 14.2 Å². The molecule has 2 aromatic carbocycles. The van der Waals surface area contributed by atoms with E-state index in [9.17, 15) is 4.79 Å². The third-order valence-corrected chi connectivity index (χ3v) is 5.65. The molecule has 1 atom stereocenters. The fourth-order valence-corrected chi connectivity index (χ4v) is 4.12. The second kappa shape index (κ2) is 6.88. The second-order valence-electron chi connectivity index (χ2n) is 7.54. The van der Waals surface area contributed by atoms with Crippen molar-refractivity contribution in [3.63, 3.8) is 0 Å². The largest absolute Gasteiger partial charge is 0.450 e. The van der Waals surface area contributed by atoms with Crippen LogP contribution in [0.1, 0.15) is 51.8 Å². The first kappa shape index (κ1) is 17.7. The number of carbonyl (C=O) groups excluding carboxylic acids is 1. The van der Waals surface area contributed by atoms with Crippen LogP contribution in [0.5, 0.6) is 0 Å². The Morgan fingerprint density at radius 1 is 1.07 bits per heavy atom. The summed E-state index contributed by atoms with van der Waals surface area (Å²) in [7, 11) is 0. The van der Waals surface area contributed by atoms with E-state index in [1.807, 2.05) is 44.2 Å². The monoisotopic (exact) mass is 387 g/mol. The van der Waals surface area contributed by atoms with Gasteiger partial charge in [-0.15, -0.1) is 10.2 Å². The van der Waals surface area contributed by atoms with E-state index >= 15 is 0 Å². The van der Waals surface area contributed by atoms with Crippen molar-refractivity contribution < 1.29 is 13.6 Å². The Bertz CT molecular complexity index is 1220. The number of amides is 1. The molecular formula is C23H21N3O3. The Kier molecular flexibility index (Phi) is 4.19. The van der Waals surface area contributed by atoms with Crippen LogP contribution in [0.15, 0.2) is 51.3 Å². The molecule has 5 rings (SSSR count). The summed E-state index contributed by atoms with van der Waals surface area (Å²) in [5.41, 5.74) is 5.19. The average molecular weight is 387 g/mol. The first-order chi connectivity index (χ1) is 14.1. The fraction of sp³-hybridized carbons (Fsp3) is 0.261. The maximum Gasteiger partial charge on any atom is 0.309 e. The molecule has 1 amide bonds. The second-order valence-corrected chi connectivity index (χ2v) is 7.54. The van der Waals surface area contributed by atoms with Gasteiger partial charge in [0.2, 0.25) is 0 Å². The van der Waals surface area contributed by atoms with Gasteiger partial charge in [-0.3, -0.25) is 4.79 Å². The Labute approximate surface area is 167 Å². The van der Waals surface area contributed by atoms with Crippen LogP contribution in [0, 0.1) is 13.8 Å². The zero-order valence-corrected chi connectivity index (χ0v) is 16.4. The van der Waals surface area contributed by atoms with Crippen LogP contribution in [-0.2, 0) is 6.42 Å². The molecule has 2 aromatic heterocycles. The Morgan fingerprint density at radius 2 is 1.93 bits per heavy atom. The summed E-state index contributed by atoms with van der Waals surface area (Å²) in [6.45, 7) is 3.94. The Balaban J connectivity index is 1.42. The van der Waals surface area contributed by atoms with Crippen molar-refractivity contribution in [2.45, 2.75) is 39.2 Å². The quantitative estimate of drug-likeness (QED) is 0.540. The Hall–Kier alpha value is -3.41. The van der Waals surface area contributed by atoms with E-state index in [4.69, 9.17) is 8.83 Å². The minimum atomic E-state index is -0.365. The minimum Gasteiger partial charge on any atom is -0.450 e. The number of benzene rings is 2. The maximum atomic E-state index is 12.7. The van der Waals surface area contributed by atoms with E-state index in [2.05, 4.69) is 27.6 Å². The van der Waals surface area contributed by atoms with E-state index in [0.29, 0.717) is 5.76 Å². The number of hydrogen-bond acceptors (Lipinski definition) is 5. The molecule has 0 aliphatic heterocycles. The number of aromatic nitrogens is 2. The van der Waals surface area contributed by atoms with E-state index in [0.717, 1.165) is 46.9 Å². The summed E-state index contributed by atoms with van der Waals surface area (Å²) in [5.74, 6) is 0.297. The van der Waals surface area contributed by atoms with Gasteiger partial charge in [-0.2, -0.15) is 0 Å². The molecule has 1 aliphatic carbocycles. The molecule has 29 heavy (non-hydrogen) atoms. The molecule has 1 unspecified atom stereocenters. The number of carbonyl (C=O) groups is 1. The molecule has 4 aromatic rings. The fourth-order valence-electron chi connectivity index (χ4n) is 4.12. The molecule has 0 radical (unpaired) electrons. The standard InChI is InChI=1S/C23H21N3O3/c1-13-7-5-11-16-14(2)20(28-19(13)16)22-25-26-23(29-22)21(27)24-18-12-6-9-15-8-3-4-10-17(15)18/h3-5,7-8,10-11,18H,6,9,12H2,1-2H3,(H,24,27). The lowest BCUT2D eigenvalue weighted by atomic mass is 9.88. The number of hydrogen-bond donors (Lipinski definition) is 1. The summed E-state index contributed by atoms with van der Waals surface area (Å²) in [4.78, 5) is 12.7. The maximum absolute atomic E-state index is 12.7. The van der Waals surface area contributed by atoms with Crippen molar-refractivity contribution in [1.82, 2.24) is 15.5 Å². The van der Waals surface area contributed by atoms with Crippen LogP contribution in [-0.4, -0.2) is 16.1 Å². The van der Waals surface area contributed by atoms with Crippen LogP contribution in [0.3, 0.4) is 0 Å². The lowest BCUT2D eigenvalue weighted by Crippen LogP contribution is -2.31. The van der Waals surface area contributed by atoms with Crippen LogP contribution < -0.4 is 5.32 Å². The van der Waals surface area contributed by atoms with E-state index in [1.54, 1.807) is 0 Å². The number of nitrogens with one attached hydrogen (secondary N) is 1. The van der Waals surface area contributed by atoms with Gasteiger partial charge >= 0.3 is 11.8 Å². The van der Waals surface area contributed by atoms with Gasteiger partial charge in [0.1, 0.15) is 5.58 Å². The van der Waals surface area contributed by atoms with Crippen molar-refractivity contribution in [2.24, 2.45) is 0 Å². The van der Waals surface area contributed by atoms with Gasteiger partial charge in [0.05, 0.1) is 6.04 Å². The minimum absolute atomic E-state index is 0.0432. The van der Waals surface area contributed by atoms with Gasteiger partial charge in [-0.1, -0.05) is 42.5 Å². The predicted octanol–water partition coefficient (Wildman–Crippen LogP) is 4.91. The summed E-state index contributed by atoms with van der Waals surface area (Å²) in [6, 6.07) is 14.1. The first-order valence-electron chi connectivity index (χ1n) is 9.83. The number of nitrogens with zero attached hydrogens (tertiary/aromatic N) is 2. The Morgan fingerprint density at radius 3 is 2.79 bits per heavy atom. The predicted molar refractivity (Wildman–Crippen MR) is 109 cm³/mol. The van der Waals surface area contributed by atoms with Gasteiger partial charge in [-0.25, -0.2) is 0 Å². The molecule has 1 aliphatic rings. The van der Waals surface area contributed by atoms with Gasteiger partial charge in [-0.05, 0) is 49.8 Å². The molecule has 0 spiro atoms. The van der Waals surface area contributed by atoms with Crippen molar-refractivity contribution in [3.05, 3.63) is 70.6 Å². The lowest BCUT2D eigenvalue weighted by Gasteiger charge is -2.25. The van der Waals surface area contributed by atoms with Crippen LogP contribution >= 0.6 is 0 Å². The highest BCUT2D eigenvalue weighted by molar-refractivity contribution is 5.91. The van der Waals surface area contributed by atoms with E-state index in [1.165, 1.54) is 5.56 Å². The zero-order chi connectivity index (χ0) is 20.0. The van der Waals surface area contributed by atoms with Crippen molar-refractivity contribution >= 4 is 16.9 Å². The van der Waals surface area contributed by atoms with Gasteiger partial charge in [0.25, 0.3) is 5.89 Å². The summed E-state index contributed by atoms with van der Waals surface area (Å²) in [6.07, 6.45) is 2.97. The molecule has 146 valence electrons. The summed E-state index contributed by atoms with van der Waals surface area (Å²) >= 11 is 0. The third-order valence-electron chi connectivity index (χ3n) is 5.65. The van der Waals surface area contributed by atoms with Crippen molar-refractivity contribution in [3.8, 4) is 11.7 Å². The van der Waals surface area contributed by atoms with E-state index < -0.39 is 0 Å². The van der Waals surface area contributed by atoms with Crippen LogP contribution in [0.4, 0.5) is 0 Å². The van der Waals surface area contributed by atoms with Crippen molar-refractivity contribution in [1.29, 1.82) is 0 Å². The van der Waals surface area contributed by atoms with Gasteiger partial charge in [0, 0.05) is 10.9 Å². The van der Waals surface area contributed by atoms with E-state index in [-0.39, 0.29) is 23.7 Å². The third kappa shape index (κ3) is 3.01. The molecule has 6 nitrogen and oxygen atoms in total. The number of para-hydroxylation sites is 1. The summed E-state index contributed by atoms with van der Waals surface area (Å²) < 4.78 is 11.7. The molecule has 0 bridgehead atoms. The lowest BCUT2D eigenvalue weighted by molar-refractivity contribution is 0.0898. The number of fused-ring (bicyclic) bond motifs is 2. The topological polar surface area (TPSA) is 81.2 Å². The number of aryl methyl sites for hydroxylation is 3. The molecule has 6 heteroatoms. The highest BCUT2D eigenvalue weighted by Crippen LogP contribution is 2.34. The summed E-state index contributed by atoms with van der Waals surface area (Å²) in [5, 5.41) is 12.1. The number of furan rings is 1. The molecule has 0 fully saturated rings. The first-order valence-corrected chi connectivity index (χ1v) is 9.83. The van der Waals surface area contributed by atoms with Crippen LogP contribution in [0.25, 0.3) is 22.6 Å². The molecule has 0 saturated carbocycles. The molecule has 2 heterocycles. The van der Waals surface area contributed by atoms with Crippen molar-refractivity contribution in [2.75, 3.05) is 0 Å². The number of rotatable bonds is 3. The highest BCUT2D eigenvalue weighted by Gasteiger charge is 2.26. The molecular weight excluding hydrogens is 366 g/mol. The highest BCUT2D eigenvalue weighted by atomic mass is 16.4. The van der Waals surface area contributed by atoms with Gasteiger partial charge in [0.15, 0.2) is 5.76 Å². The smallest absolute Gasteiger partial charge is 0.309 e. The average Bonchev–Trinajstić information content (AvgIpc) is 3.34. The normalized spacial score (nSPS) is 16.0. The zero-order valence-electron chi connectivity index (χ0n) is 16.4. The SMILES string of the molecule is Cc1c(-c2nnc(C(=O)NC3CCCc4ccccc43)o2)oc2c(C)cccc12. The molecule has 1 N–H and O–H groups in total. The van der Waals surface area contributed by atoms with Crippen LogP contribution in [0.2, 0.25) is 0 Å².